The number of hydrogen-bond donors (Lipinski definition) is 1. The molecule has 1 aromatic rings. The van der Waals surface area contributed by atoms with Crippen LogP contribution in [0.2, 0.25) is 0 Å². The summed E-state index contributed by atoms with van der Waals surface area (Å²) >= 11 is 0. The second-order valence-corrected chi connectivity index (χ2v) is 10.7. The molecular weight excluding hydrogens is 488 g/mol. The van der Waals surface area contributed by atoms with E-state index >= 15 is 0 Å². The average Bonchev–Trinajstić information content (AvgIpc) is 2.83. The molecule has 1 N–H and O–H groups in total. The van der Waals surface area contributed by atoms with Crippen molar-refractivity contribution >= 4 is 15.9 Å². The molecule has 206 valence electrons. The van der Waals surface area contributed by atoms with Crippen molar-refractivity contribution in [1.29, 1.82) is 0 Å². The molecule has 0 radical (unpaired) electrons. The van der Waals surface area contributed by atoms with Crippen LogP contribution in [0.5, 0.6) is 0 Å². The molecule has 1 fully saturated rings. The molecule has 10 nitrogen and oxygen atoms in total. The molecule has 1 amide bonds. The standard InChI is InChI=1S/C25H42N2O8S/c1-21(2)20-24(26-36(29,30)23-6-4-22(3)5-7-23)25(28)27-8-10-31-12-14-33-16-18-35-19-17-34-15-13-32-11-9-27/h4-7,21,24,26H,8-20H2,1-3H3/t24-/m1/s1. The Kier molecular flexibility index (Phi) is 14.5. The van der Waals surface area contributed by atoms with Crippen molar-refractivity contribution in [2.75, 3.05) is 79.2 Å². The van der Waals surface area contributed by atoms with Gasteiger partial charge in [0.25, 0.3) is 0 Å². The molecule has 0 unspecified atom stereocenters. The summed E-state index contributed by atoms with van der Waals surface area (Å²) in [5.74, 6) is -0.198. The highest BCUT2D eigenvalue weighted by atomic mass is 32.2. The summed E-state index contributed by atoms with van der Waals surface area (Å²) in [6.45, 7) is 10.5. The molecule has 36 heavy (non-hydrogen) atoms. The number of benzene rings is 1. The second-order valence-electron chi connectivity index (χ2n) is 9.00. The molecule has 0 aromatic heterocycles. The molecule has 0 bridgehead atoms. The van der Waals surface area contributed by atoms with Crippen molar-refractivity contribution in [3.05, 3.63) is 29.8 Å². The molecule has 1 atom stereocenters. The summed E-state index contributed by atoms with van der Waals surface area (Å²) in [5, 5.41) is 0. The maximum absolute atomic E-state index is 13.5. The summed E-state index contributed by atoms with van der Waals surface area (Å²) in [6.07, 6.45) is 0.367. The number of rotatable bonds is 6. The second kappa shape index (κ2) is 17.0. The molecule has 0 spiro atoms. The fourth-order valence-corrected chi connectivity index (χ4v) is 4.73. The number of carbonyl (C=O) groups is 1. The maximum atomic E-state index is 13.5. The normalized spacial score (nSPS) is 19.4. The number of nitrogens with zero attached hydrogens (tertiary/aromatic N) is 1. The van der Waals surface area contributed by atoms with E-state index in [0.717, 1.165) is 5.56 Å². The van der Waals surface area contributed by atoms with E-state index in [1.165, 1.54) is 0 Å². The van der Waals surface area contributed by atoms with Gasteiger partial charge in [-0.2, -0.15) is 4.72 Å². The van der Waals surface area contributed by atoms with E-state index in [4.69, 9.17) is 23.7 Å². The first kappa shape index (κ1) is 30.6. The monoisotopic (exact) mass is 530 g/mol. The van der Waals surface area contributed by atoms with Crippen molar-refractivity contribution in [3.8, 4) is 0 Å². The molecule has 1 heterocycles. The number of aryl methyl sites for hydroxylation is 1. The van der Waals surface area contributed by atoms with Crippen LogP contribution in [0.1, 0.15) is 25.8 Å². The topological polar surface area (TPSA) is 113 Å². The van der Waals surface area contributed by atoms with Gasteiger partial charge in [0.05, 0.1) is 71.0 Å². The van der Waals surface area contributed by atoms with Gasteiger partial charge >= 0.3 is 0 Å². The van der Waals surface area contributed by atoms with E-state index in [1.807, 2.05) is 20.8 Å². The van der Waals surface area contributed by atoms with Gasteiger partial charge in [0, 0.05) is 13.1 Å². The zero-order chi connectivity index (χ0) is 26.2. The van der Waals surface area contributed by atoms with Crippen molar-refractivity contribution in [2.45, 2.75) is 38.1 Å². The van der Waals surface area contributed by atoms with Crippen LogP contribution in [0.3, 0.4) is 0 Å². The lowest BCUT2D eigenvalue weighted by atomic mass is 10.0. The molecule has 1 aliphatic heterocycles. The van der Waals surface area contributed by atoms with Crippen LogP contribution in [0.25, 0.3) is 0 Å². The van der Waals surface area contributed by atoms with Crippen LogP contribution in [0.15, 0.2) is 29.2 Å². The summed E-state index contributed by atoms with van der Waals surface area (Å²) in [6, 6.07) is 5.66. The van der Waals surface area contributed by atoms with Crippen molar-refractivity contribution in [2.24, 2.45) is 5.92 Å². The number of amides is 1. The quantitative estimate of drug-likeness (QED) is 0.591. The Hall–Kier alpha value is -1.60. The van der Waals surface area contributed by atoms with Crippen molar-refractivity contribution in [3.63, 3.8) is 0 Å². The Balaban J connectivity index is 2.06. The van der Waals surface area contributed by atoms with Gasteiger partial charge in [-0.15, -0.1) is 0 Å². The minimum Gasteiger partial charge on any atom is -0.377 e. The third kappa shape index (κ3) is 12.1. The first-order chi connectivity index (χ1) is 17.3. The Morgan fingerprint density at radius 1 is 0.806 bits per heavy atom. The van der Waals surface area contributed by atoms with E-state index in [2.05, 4.69) is 4.72 Å². The maximum Gasteiger partial charge on any atom is 0.241 e. The van der Waals surface area contributed by atoms with E-state index < -0.39 is 16.1 Å². The average molecular weight is 531 g/mol. The van der Waals surface area contributed by atoms with Crippen LogP contribution in [0, 0.1) is 12.8 Å². The van der Waals surface area contributed by atoms with Gasteiger partial charge in [0.15, 0.2) is 0 Å². The molecule has 1 aromatic carbocycles. The van der Waals surface area contributed by atoms with Crippen LogP contribution < -0.4 is 4.72 Å². The lowest BCUT2D eigenvalue weighted by Gasteiger charge is -2.29. The van der Waals surface area contributed by atoms with E-state index in [1.54, 1.807) is 29.2 Å². The Morgan fingerprint density at radius 3 is 1.64 bits per heavy atom. The van der Waals surface area contributed by atoms with Crippen LogP contribution in [-0.4, -0.2) is 104 Å². The van der Waals surface area contributed by atoms with Gasteiger partial charge in [-0.1, -0.05) is 31.5 Å². The summed E-state index contributed by atoms with van der Waals surface area (Å²) in [7, 11) is -3.87. The number of sulfonamides is 1. The zero-order valence-electron chi connectivity index (χ0n) is 21.8. The molecule has 1 aliphatic rings. The molecule has 11 heteroatoms. The number of carbonyl (C=O) groups excluding carboxylic acids is 1. The summed E-state index contributed by atoms with van der Waals surface area (Å²) < 4.78 is 56.4. The molecule has 0 saturated carbocycles. The van der Waals surface area contributed by atoms with Gasteiger partial charge in [-0.05, 0) is 31.4 Å². The van der Waals surface area contributed by atoms with Gasteiger partial charge < -0.3 is 28.6 Å². The van der Waals surface area contributed by atoms with Crippen LogP contribution in [-0.2, 0) is 38.5 Å². The fraction of sp³-hybridized carbons (Fsp3) is 0.720. The minimum absolute atomic E-state index is 0.103. The molecule has 0 aliphatic carbocycles. The van der Waals surface area contributed by atoms with Gasteiger partial charge in [0.1, 0.15) is 6.04 Å². The Bertz CT molecular complexity index is 830. The highest BCUT2D eigenvalue weighted by molar-refractivity contribution is 7.89. The Labute approximate surface area is 215 Å². The largest absolute Gasteiger partial charge is 0.377 e. The lowest BCUT2D eigenvalue weighted by Crippen LogP contribution is -2.50. The summed E-state index contributed by atoms with van der Waals surface area (Å²) in [4.78, 5) is 15.3. The molecule has 2 rings (SSSR count). The van der Waals surface area contributed by atoms with Gasteiger partial charge in [-0.3, -0.25) is 4.79 Å². The third-order valence-corrected chi connectivity index (χ3v) is 6.93. The van der Waals surface area contributed by atoms with E-state index in [9.17, 15) is 13.2 Å². The van der Waals surface area contributed by atoms with E-state index in [-0.39, 0.29) is 16.7 Å². The van der Waals surface area contributed by atoms with Crippen LogP contribution >= 0.6 is 0 Å². The van der Waals surface area contributed by atoms with Gasteiger partial charge in [0.2, 0.25) is 15.9 Å². The predicted octanol–water partition coefficient (Wildman–Crippen LogP) is 1.61. The number of hydrogen-bond acceptors (Lipinski definition) is 8. The summed E-state index contributed by atoms with van der Waals surface area (Å²) in [5.41, 5.74) is 0.955. The van der Waals surface area contributed by atoms with Gasteiger partial charge in [-0.25, -0.2) is 8.42 Å². The van der Waals surface area contributed by atoms with E-state index in [0.29, 0.717) is 85.6 Å². The first-order valence-electron chi connectivity index (χ1n) is 12.6. The van der Waals surface area contributed by atoms with Crippen molar-refractivity contribution in [1.82, 2.24) is 9.62 Å². The zero-order valence-corrected chi connectivity index (χ0v) is 22.6. The molecule has 1 saturated heterocycles. The first-order valence-corrected chi connectivity index (χ1v) is 14.0. The lowest BCUT2D eigenvalue weighted by molar-refractivity contribution is -0.135. The number of nitrogens with one attached hydrogen (secondary N) is 1. The van der Waals surface area contributed by atoms with Crippen LogP contribution in [0.4, 0.5) is 0 Å². The van der Waals surface area contributed by atoms with Crippen molar-refractivity contribution < 1.29 is 36.9 Å². The smallest absolute Gasteiger partial charge is 0.241 e. The fourth-order valence-electron chi connectivity index (χ4n) is 3.53. The number of ether oxygens (including phenoxy) is 5. The third-order valence-electron chi connectivity index (χ3n) is 5.44. The predicted molar refractivity (Wildman–Crippen MR) is 135 cm³/mol. The SMILES string of the molecule is Cc1ccc(S(=O)(=O)N[C@H](CC(C)C)C(=O)N2CCOCCOCCOCCOCCOCC2)cc1. The highest BCUT2D eigenvalue weighted by Gasteiger charge is 2.30. The highest BCUT2D eigenvalue weighted by Crippen LogP contribution is 2.15. The minimum atomic E-state index is -3.87. The molecular formula is C25H42N2O8S. The Morgan fingerprint density at radius 2 is 1.22 bits per heavy atom.